The summed E-state index contributed by atoms with van der Waals surface area (Å²) in [7, 11) is 0. The van der Waals surface area contributed by atoms with Gasteiger partial charge < -0.3 is 10.4 Å². The zero-order valence-electron chi connectivity index (χ0n) is 11.6. The van der Waals surface area contributed by atoms with Crippen LogP contribution < -0.4 is 5.32 Å². The lowest BCUT2D eigenvalue weighted by molar-refractivity contribution is -0.138. The Morgan fingerprint density at radius 3 is 2.58 bits per heavy atom. The first-order chi connectivity index (χ1) is 9.01. The van der Waals surface area contributed by atoms with Gasteiger partial charge in [0.1, 0.15) is 5.82 Å². The highest BCUT2D eigenvalue weighted by Crippen LogP contribution is 2.34. The van der Waals surface area contributed by atoms with E-state index in [1.807, 2.05) is 13.8 Å². The van der Waals surface area contributed by atoms with Crippen molar-refractivity contribution in [3.63, 3.8) is 0 Å². The van der Waals surface area contributed by atoms with E-state index in [0.29, 0.717) is 5.82 Å². The standard InChI is InChI=1S/C14H21N3O2/c1-10-11(2)16-12(9-15-10)17-14(8-13(18)19)6-4-3-5-7-14/h9H,3-8H2,1-2H3,(H,16,17)(H,18,19). The van der Waals surface area contributed by atoms with Crippen LogP contribution in [0.15, 0.2) is 6.20 Å². The Balaban J connectivity index is 2.19. The van der Waals surface area contributed by atoms with E-state index >= 15 is 0 Å². The Morgan fingerprint density at radius 2 is 2.00 bits per heavy atom. The molecule has 0 unspecified atom stereocenters. The van der Waals surface area contributed by atoms with Crippen LogP contribution in [0.5, 0.6) is 0 Å². The summed E-state index contributed by atoms with van der Waals surface area (Å²) in [5.41, 5.74) is 1.42. The van der Waals surface area contributed by atoms with Crippen molar-refractivity contribution < 1.29 is 9.90 Å². The Morgan fingerprint density at radius 1 is 1.32 bits per heavy atom. The molecule has 0 amide bonds. The van der Waals surface area contributed by atoms with Gasteiger partial charge in [-0.15, -0.1) is 0 Å². The minimum absolute atomic E-state index is 0.140. The highest BCUT2D eigenvalue weighted by molar-refractivity contribution is 5.69. The highest BCUT2D eigenvalue weighted by Gasteiger charge is 2.34. The molecule has 1 saturated carbocycles. The first-order valence-electron chi connectivity index (χ1n) is 6.81. The molecular formula is C14H21N3O2. The maximum Gasteiger partial charge on any atom is 0.305 e. The number of rotatable bonds is 4. The Kier molecular flexibility index (Phi) is 4.02. The van der Waals surface area contributed by atoms with Gasteiger partial charge in [-0.2, -0.15) is 0 Å². The van der Waals surface area contributed by atoms with Crippen molar-refractivity contribution >= 4 is 11.8 Å². The molecule has 0 bridgehead atoms. The van der Waals surface area contributed by atoms with E-state index in [0.717, 1.165) is 37.1 Å². The maximum absolute atomic E-state index is 11.1. The lowest BCUT2D eigenvalue weighted by Gasteiger charge is -2.37. The molecule has 0 aromatic carbocycles. The van der Waals surface area contributed by atoms with E-state index in [1.54, 1.807) is 6.20 Å². The molecule has 0 saturated heterocycles. The van der Waals surface area contributed by atoms with E-state index < -0.39 is 5.97 Å². The van der Waals surface area contributed by atoms with Crippen molar-refractivity contribution in [1.82, 2.24) is 9.97 Å². The number of anilines is 1. The Hall–Kier alpha value is -1.65. The van der Waals surface area contributed by atoms with Gasteiger partial charge in [-0.25, -0.2) is 4.98 Å². The molecule has 5 nitrogen and oxygen atoms in total. The molecule has 19 heavy (non-hydrogen) atoms. The van der Waals surface area contributed by atoms with Crippen molar-refractivity contribution in [3.8, 4) is 0 Å². The molecule has 1 aliphatic rings. The molecule has 0 atom stereocenters. The second-order valence-electron chi connectivity index (χ2n) is 5.46. The minimum Gasteiger partial charge on any atom is -0.481 e. The van der Waals surface area contributed by atoms with Crippen molar-refractivity contribution in [1.29, 1.82) is 0 Å². The van der Waals surface area contributed by atoms with Crippen LogP contribution in [-0.4, -0.2) is 26.6 Å². The summed E-state index contributed by atoms with van der Waals surface area (Å²) in [5, 5.41) is 12.5. The average Bonchev–Trinajstić information content (AvgIpc) is 2.34. The topological polar surface area (TPSA) is 75.1 Å². The number of aliphatic carboxylic acids is 1. The number of aromatic nitrogens is 2. The predicted octanol–water partition coefficient (Wildman–Crippen LogP) is 2.68. The smallest absolute Gasteiger partial charge is 0.305 e. The molecule has 0 radical (unpaired) electrons. The summed E-state index contributed by atoms with van der Waals surface area (Å²) in [5.74, 6) is -0.0718. The van der Waals surface area contributed by atoms with Gasteiger partial charge in [0.15, 0.2) is 0 Å². The van der Waals surface area contributed by atoms with Crippen LogP contribution in [0.25, 0.3) is 0 Å². The highest BCUT2D eigenvalue weighted by atomic mass is 16.4. The Bertz CT molecular complexity index is 468. The molecule has 1 heterocycles. The van der Waals surface area contributed by atoms with Crippen LogP contribution in [0, 0.1) is 13.8 Å². The second kappa shape index (κ2) is 5.55. The number of carboxylic acids is 1. The number of nitrogens with zero attached hydrogens (tertiary/aromatic N) is 2. The largest absolute Gasteiger partial charge is 0.481 e. The summed E-state index contributed by atoms with van der Waals surface area (Å²) >= 11 is 0. The molecule has 0 spiro atoms. The van der Waals surface area contributed by atoms with Gasteiger partial charge in [0.25, 0.3) is 0 Å². The van der Waals surface area contributed by atoms with Crippen molar-refractivity contribution in [2.24, 2.45) is 0 Å². The molecule has 5 heteroatoms. The van der Waals surface area contributed by atoms with Gasteiger partial charge in [0, 0.05) is 5.54 Å². The third-order valence-electron chi connectivity index (χ3n) is 3.89. The monoisotopic (exact) mass is 263 g/mol. The zero-order chi connectivity index (χ0) is 13.9. The summed E-state index contributed by atoms with van der Waals surface area (Å²) < 4.78 is 0. The van der Waals surface area contributed by atoms with Gasteiger partial charge >= 0.3 is 5.97 Å². The molecule has 1 fully saturated rings. The fraction of sp³-hybridized carbons (Fsp3) is 0.643. The fourth-order valence-electron chi connectivity index (χ4n) is 2.74. The molecule has 104 valence electrons. The summed E-state index contributed by atoms with van der Waals surface area (Å²) in [6.45, 7) is 3.83. The number of aryl methyl sites for hydroxylation is 2. The van der Waals surface area contributed by atoms with Gasteiger partial charge in [-0.05, 0) is 26.7 Å². The van der Waals surface area contributed by atoms with E-state index in [1.165, 1.54) is 6.42 Å². The van der Waals surface area contributed by atoms with E-state index in [2.05, 4.69) is 15.3 Å². The van der Waals surface area contributed by atoms with E-state index in [9.17, 15) is 4.79 Å². The van der Waals surface area contributed by atoms with Crippen molar-refractivity contribution in [3.05, 3.63) is 17.6 Å². The number of carbonyl (C=O) groups is 1. The maximum atomic E-state index is 11.1. The molecule has 1 aromatic rings. The van der Waals surface area contributed by atoms with E-state index in [-0.39, 0.29) is 12.0 Å². The summed E-state index contributed by atoms with van der Waals surface area (Å²) in [4.78, 5) is 19.8. The van der Waals surface area contributed by atoms with Crippen LogP contribution >= 0.6 is 0 Å². The van der Waals surface area contributed by atoms with Crippen LogP contribution in [-0.2, 0) is 4.79 Å². The molecule has 1 aromatic heterocycles. The number of hydrogen-bond donors (Lipinski definition) is 2. The van der Waals surface area contributed by atoms with Gasteiger partial charge in [-0.1, -0.05) is 19.3 Å². The normalized spacial score (nSPS) is 18.0. The number of hydrogen-bond acceptors (Lipinski definition) is 4. The number of nitrogens with one attached hydrogen (secondary N) is 1. The van der Waals surface area contributed by atoms with Crippen LogP contribution in [0.1, 0.15) is 49.9 Å². The fourth-order valence-corrected chi connectivity index (χ4v) is 2.74. The minimum atomic E-state index is -0.758. The lowest BCUT2D eigenvalue weighted by Crippen LogP contribution is -2.42. The summed E-state index contributed by atoms with van der Waals surface area (Å²) in [6.07, 6.45) is 6.92. The summed E-state index contributed by atoms with van der Waals surface area (Å²) in [6, 6.07) is 0. The first kappa shape index (κ1) is 13.8. The Labute approximate surface area is 113 Å². The van der Waals surface area contributed by atoms with Crippen LogP contribution in [0.2, 0.25) is 0 Å². The van der Waals surface area contributed by atoms with Crippen LogP contribution in [0.3, 0.4) is 0 Å². The number of carboxylic acid groups (broad SMARTS) is 1. The van der Waals surface area contributed by atoms with Crippen molar-refractivity contribution in [2.75, 3.05) is 5.32 Å². The third kappa shape index (κ3) is 3.43. The van der Waals surface area contributed by atoms with Crippen molar-refractivity contribution in [2.45, 2.75) is 57.9 Å². The zero-order valence-corrected chi connectivity index (χ0v) is 11.6. The molecule has 0 aliphatic heterocycles. The molecule has 2 rings (SSSR count). The van der Waals surface area contributed by atoms with Gasteiger partial charge in [0.05, 0.1) is 24.0 Å². The third-order valence-corrected chi connectivity index (χ3v) is 3.89. The SMILES string of the molecule is Cc1ncc(NC2(CC(=O)O)CCCCC2)nc1C. The molecule has 2 N–H and O–H groups in total. The van der Waals surface area contributed by atoms with Crippen LogP contribution in [0.4, 0.5) is 5.82 Å². The molecular weight excluding hydrogens is 242 g/mol. The average molecular weight is 263 g/mol. The van der Waals surface area contributed by atoms with Gasteiger partial charge in [-0.3, -0.25) is 9.78 Å². The lowest BCUT2D eigenvalue weighted by atomic mass is 9.79. The quantitative estimate of drug-likeness (QED) is 0.873. The van der Waals surface area contributed by atoms with Gasteiger partial charge in [0.2, 0.25) is 0 Å². The van der Waals surface area contributed by atoms with E-state index in [4.69, 9.17) is 5.11 Å². The predicted molar refractivity (Wildman–Crippen MR) is 73.2 cm³/mol. The molecule has 1 aliphatic carbocycles. The first-order valence-corrected chi connectivity index (χ1v) is 6.81. The second-order valence-corrected chi connectivity index (χ2v) is 5.46.